The molecular formula is C20H22N2O6. The van der Waals surface area contributed by atoms with E-state index in [1.165, 1.54) is 25.2 Å². The molecule has 0 fully saturated rings. The molecule has 0 unspecified atom stereocenters. The topological polar surface area (TPSA) is 99.0 Å². The van der Waals surface area contributed by atoms with E-state index in [-0.39, 0.29) is 30.2 Å². The first kappa shape index (κ1) is 20.9. The zero-order valence-electron chi connectivity index (χ0n) is 16.2. The van der Waals surface area contributed by atoms with Crippen LogP contribution >= 0.6 is 0 Å². The molecule has 0 saturated carbocycles. The minimum Gasteiger partial charge on any atom is -0.484 e. The van der Waals surface area contributed by atoms with E-state index in [0.29, 0.717) is 5.75 Å². The summed E-state index contributed by atoms with van der Waals surface area (Å²) in [5.41, 5.74) is 2.04. The average Bonchev–Trinajstić information content (AvgIpc) is 2.67. The number of carbonyl (C=O) groups is 2. The van der Waals surface area contributed by atoms with Crippen LogP contribution in [0.4, 0.5) is 11.4 Å². The summed E-state index contributed by atoms with van der Waals surface area (Å²) in [6, 6.07) is 9.10. The number of aryl methyl sites for hydroxylation is 2. The van der Waals surface area contributed by atoms with Gasteiger partial charge in [0.1, 0.15) is 5.75 Å². The highest BCUT2D eigenvalue weighted by Crippen LogP contribution is 2.27. The second-order valence-electron chi connectivity index (χ2n) is 6.17. The van der Waals surface area contributed by atoms with Crippen LogP contribution in [-0.4, -0.2) is 37.1 Å². The smallest absolute Gasteiger partial charge is 0.340 e. The lowest BCUT2D eigenvalue weighted by molar-refractivity contribution is -0.384. The second kappa shape index (κ2) is 8.98. The number of anilines is 1. The molecule has 0 radical (unpaired) electrons. The van der Waals surface area contributed by atoms with Crippen LogP contribution in [0.1, 0.15) is 28.4 Å². The Bertz CT molecular complexity index is 910. The first-order valence-electron chi connectivity index (χ1n) is 8.66. The Balaban J connectivity index is 2.24. The number of nitro benzene ring substituents is 1. The molecule has 0 saturated heterocycles. The molecule has 0 N–H and O–H groups in total. The Kier molecular flexibility index (Phi) is 6.70. The molecule has 0 bridgehead atoms. The molecule has 2 aromatic carbocycles. The predicted octanol–water partition coefficient (Wildman–Crippen LogP) is 3.43. The molecule has 28 heavy (non-hydrogen) atoms. The Morgan fingerprint density at radius 1 is 1.11 bits per heavy atom. The van der Waals surface area contributed by atoms with Crippen molar-refractivity contribution in [2.45, 2.75) is 20.8 Å². The van der Waals surface area contributed by atoms with Gasteiger partial charge in [-0.1, -0.05) is 6.07 Å². The van der Waals surface area contributed by atoms with E-state index in [0.717, 1.165) is 16.0 Å². The maximum absolute atomic E-state index is 12.6. The third-order valence-corrected chi connectivity index (χ3v) is 4.26. The van der Waals surface area contributed by atoms with Gasteiger partial charge in [-0.05, 0) is 50.1 Å². The summed E-state index contributed by atoms with van der Waals surface area (Å²) in [4.78, 5) is 36.4. The molecule has 0 aromatic heterocycles. The van der Waals surface area contributed by atoms with Gasteiger partial charge in [-0.2, -0.15) is 0 Å². The number of nitrogens with zero attached hydrogens (tertiary/aromatic N) is 2. The first-order valence-corrected chi connectivity index (χ1v) is 8.66. The highest BCUT2D eigenvalue weighted by Gasteiger charge is 2.23. The number of non-ortho nitro benzene ring substituents is 1. The number of hydrogen-bond acceptors (Lipinski definition) is 6. The van der Waals surface area contributed by atoms with Crippen LogP contribution in [-0.2, 0) is 9.53 Å². The monoisotopic (exact) mass is 386 g/mol. The minimum absolute atomic E-state index is 0.0643. The number of ether oxygens (including phenoxy) is 2. The van der Waals surface area contributed by atoms with Gasteiger partial charge in [-0.25, -0.2) is 4.79 Å². The molecular weight excluding hydrogens is 364 g/mol. The summed E-state index contributed by atoms with van der Waals surface area (Å²) in [6.07, 6.45) is 0. The Labute approximate surface area is 162 Å². The Hall–Kier alpha value is -3.42. The molecule has 0 spiro atoms. The van der Waals surface area contributed by atoms with Crippen molar-refractivity contribution in [3.63, 3.8) is 0 Å². The zero-order chi connectivity index (χ0) is 20.8. The van der Waals surface area contributed by atoms with Crippen molar-refractivity contribution < 1.29 is 24.0 Å². The van der Waals surface area contributed by atoms with Gasteiger partial charge in [0.15, 0.2) is 6.61 Å². The van der Waals surface area contributed by atoms with Crippen molar-refractivity contribution in [2.24, 2.45) is 0 Å². The molecule has 2 aromatic rings. The number of amides is 1. The molecule has 0 atom stereocenters. The molecule has 2 rings (SSSR count). The van der Waals surface area contributed by atoms with E-state index in [1.54, 1.807) is 13.0 Å². The van der Waals surface area contributed by atoms with Gasteiger partial charge in [0, 0.05) is 19.2 Å². The second-order valence-corrected chi connectivity index (χ2v) is 6.17. The molecule has 0 aliphatic carbocycles. The molecule has 8 nitrogen and oxygen atoms in total. The van der Waals surface area contributed by atoms with E-state index in [2.05, 4.69) is 0 Å². The van der Waals surface area contributed by atoms with Gasteiger partial charge in [-0.15, -0.1) is 0 Å². The molecule has 0 aliphatic heterocycles. The Morgan fingerprint density at radius 2 is 1.82 bits per heavy atom. The van der Waals surface area contributed by atoms with Crippen molar-refractivity contribution in [2.75, 3.05) is 25.2 Å². The SMILES string of the molecule is CCOC(=O)c1ccc([N+](=O)[O-])cc1N(C)C(=O)COc1ccc(C)c(C)c1. The number of rotatable bonds is 7. The number of nitro groups is 1. The fourth-order valence-corrected chi connectivity index (χ4v) is 2.47. The first-order chi connectivity index (χ1) is 13.2. The largest absolute Gasteiger partial charge is 0.484 e. The van der Waals surface area contributed by atoms with Crippen LogP contribution in [0.15, 0.2) is 36.4 Å². The fourth-order valence-electron chi connectivity index (χ4n) is 2.47. The minimum atomic E-state index is -0.665. The molecule has 8 heteroatoms. The quantitative estimate of drug-likeness (QED) is 0.411. The summed E-state index contributed by atoms with van der Waals surface area (Å²) in [6.45, 7) is 5.41. The van der Waals surface area contributed by atoms with E-state index in [4.69, 9.17) is 9.47 Å². The lowest BCUT2D eigenvalue weighted by Crippen LogP contribution is -2.32. The van der Waals surface area contributed by atoms with E-state index in [9.17, 15) is 19.7 Å². The van der Waals surface area contributed by atoms with Crippen LogP contribution < -0.4 is 9.64 Å². The van der Waals surface area contributed by atoms with Gasteiger partial charge in [-0.3, -0.25) is 14.9 Å². The van der Waals surface area contributed by atoms with E-state index in [1.807, 2.05) is 26.0 Å². The standard InChI is InChI=1S/C20H22N2O6/c1-5-27-20(24)17-9-7-15(22(25)26)11-18(17)21(4)19(23)12-28-16-8-6-13(2)14(3)10-16/h6-11H,5,12H2,1-4H3. The van der Waals surface area contributed by atoms with Crippen LogP contribution in [0.2, 0.25) is 0 Å². The molecule has 0 heterocycles. The van der Waals surface area contributed by atoms with Gasteiger partial charge >= 0.3 is 5.97 Å². The third kappa shape index (κ3) is 4.85. The normalized spacial score (nSPS) is 10.3. The fraction of sp³-hybridized carbons (Fsp3) is 0.300. The zero-order valence-corrected chi connectivity index (χ0v) is 16.2. The third-order valence-electron chi connectivity index (χ3n) is 4.26. The summed E-state index contributed by atoms with van der Waals surface area (Å²) in [5, 5.41) is 11.1. The van der Waals surface area contributed by atoms with Crippen molar-refractivity contribution in [3.8, 4) is 5.75 Å². The summed E-state index contributed by atoms with van der Waals surface area (Å²) in [7, 11) is 1.42. The van der Waals surface area contributed by atoms with Crippen LogP contribution in [0, 0.1) is 24.0 Å². The number of carbonyl (C=O) groups excluding carboxylic acids is 2. The van der Waals surface area contributed by atoms with Gasteiger partial charge in [0.25, 0.3) is 11.6 Å². The number of benzene rings is 2. The predicted molar refractivity (Wildman–Crippen MR) is 104 cm³/mol. The van der Waals surface area contributed by atoms with Crippen molar-refractivity contribution in [3.05, 3.63) is 63.2 Å². The van der Waals surface area contributed by atoms with Gasteiger partial charge in [0.2, 0.25) is 0 Å². The van der Waals surface area contributed by atoms with Gasteiger partial charge in [0.05, 0.1) is 22.8 Å². The lowest BCUT2D eigenvalue weighted by atomic mass is 10.1. The Morgan fingerprint density at radius 3 is 2.43 bits per heavy atom. The molecule has 1 amide bonds. The van der Waals surface area contributed by atoms with Crippen LogP contribution in [0.25, 0.3) is 0 Å². The van der Waals surface area contributed by atoms with Crippen LogP contribution in [0.5, 0.6) is 5.75 Å². The van der Waals surface area contributed by atoms with Crippen molar-refractivity contribution >= 4 is 23.3 Å². The summed E-state index contributed by atoms with van der Waals surface area (Å²) in [5.74, 6) is -0.596. The van der Waals surface area contributed by atoms with E-state index >= 15 is 0 Å². The molecule has 0 aliphatic rings. The highest BCUT2D eigenvalue weighted by molar-refractivity contribution is 6.03. The maximum Gasteiger partial charge on any atom is 0.340 e. The molecule has 148 valence electrons. The van der Waals surface area contributed by atoms with Crippen molar-refractivity contribution in [1.82, 2.24) is 0 Å². The van der Waals surface area contributed by atoms with Crippen molar-refractivity contribution in [1.29, 1.82) is 0 Å². The number of hydrogen-bond donors (Lipinski definition) is 0. The highest BCUT2D eigenvalue weighted by atomic mass is 16.6. The van der Waals surface area contributed by atoms with Crippen LogP contribution in [0.3, 0.4) is 0 Å². The van der Waals surface area contributed by atoms with E-state index < -0.39 is 16.8 Å². The summed E-state index contributed by atoms with van der Waals surface area (Å²) < 4.78 is 10.5. The average molecular weight is 386 g/mol. The maximum atomic E-state index is 12.6. The summed E-state index contributed by atoms with van der Waals surface area (Å²) >= 11 is 0. The number of esters is 1. The number of likely N-dealkylation sites (N-methyl/N-ethyl adjacent to an activating group) is 1. The van der Waals surface area contributed by atoms with Gasteiger partial charge < -0.3 is 14.4 Å². The lowest BCUT2D eigenvalue weighted by Gasteiger charge is -2.20.